The largest absolute Gasteiger partial charge is 0.490 e. The molecule has 0 aliphatic heterocycles. The minimum Gasteiger partial charge on any atom is -0.490 e. The molecule has 2 N–H and O–H groups in total. The summed E-state index contributed by atoms with van der Waals surface area (Å²) in [7, 11) is 0. The lowest BCUT2D eigenvalue weighted by molar-refractivity contribution is -0.136. The van der Waals surface area contributed by atoms with E-state index in [0.29, 0.717) is 41.4 Å². The van der Waals surface area contributed by atoms with Crippen LogP contribution in [0, 0.1) is 0 Å². The van der Waals surface area contributed by atoms with E-state index in [-0.39, 0.29) is 0 Å². The molecule has 164 valence electrons. The second kappa shape index (κ2) is 10.9. The lowest BCUT2D eigenvalue weighted by Crippen LogP contribution is -2.43. The van der Waals surface area contributed by atoms with Crippen LogP contribution in [0.1, 0.15) is 23.6 Å². The van der Waals surface area contributed by atoms with E-state index in [1.165, 1.54) is 6.21 Å². The number of carbonyl (C=O) groups excluding carboxylic acids is 1. The van der Waals surface area contributed by atoms with Gasteiger partial charge in [0.05, 0.1) is 12.8 Å². The van der Waals surface area contributed by atoms with Crippen LogP contribution in [0.3, 0.4) is 0 Å². The van der Waals surface area contributed by atoms with Gasteiger partial charge in [0, 0.05) is 0 Å². The highest BCUT2D eigenvalue weighted by Crippen LogP contribution is 2.30. The van der Waals surface area contributed by atoms with Crippen molar-refractivity contribution in [3.05, 3.63) is 108 Å². The SMILES string of the molecule is C=CCOc1ccc(/C=N\NC(=O)C(O)(c2ccccc2)c2ccccc2)cc1OCC. The predicted octanol–water partition coefficient (Wildman–Crippen LogP) is 4.04. The second-order valence-electron chi connectivity index (χ2n) is 6.88. The Balaban J connectivity index is 1.82. The lowest BCUT2D eigenvalue weighted by Gasteiger charge is -2.27. The van der Waals surface area contributed by atoms with Gasteiger partial charge in [-0.1, -0.05) is 73.3 Å². The smallest absolute Gasteiger partial charge is 0.281 e. The molecule has 0 aliphatic rings. The Kier molecular flexibility index (Phi) is 7.78. The summed E-state index contributed by atoms with van der Waals surface area (Å²) in [6.45, 7) is 6.36. The van der Waals surface area contributed by atoms with Crippen LogP contribution in [0.25, 0.3) is 0 Å². The van der Waals surface area contributed by atoms with E-state index in [0.717, 1.165) is 0 Å². The van der Waals surface area contributed by atoms with E-state index < -0.39 is 11.5 Å². The average molecular weight is 431 g/mol. The number of benzene rings is 3. The second-order valence-corrected chi connectivity index (χ2v) is 6.88. The van der Waals surface area contributed by atoms with Crippen LogP contribution < -0.4 is 14.9 Å². The Morgan fingerprint density at radius 3 is 2.19 bits per heavy atom. The van der Waals surface area contributed by atoms with E-state index in [1.807, 2.05) is 19.1 Å². The zero-order valence-corrected chi connectivity index (χ0v) is 17.9. The van der Waals surface area contributed by atoms with Crippen molar-refractivity contribution in [1.29, 1.82) is 0 Å². The Morgan fingerprint density at radius 2 is 1.62 bits per heavy atom. The van der Waals surface area contributed by atoms with Crippen LogP contribution in [-0.4, -0.2) is 30.4 Å². The third kappa shape index (κ3) is 5.22. The molecule has 6 heteroatoms. The van der Waals surface area contributed by atoms with Crippen molar-refractivity contribution in [2.75, 3.05) is 13.2 Å². The van der Waals surface area contributed by atoms with Crippen molar-refractivity contribution >= 4 is 12.1 Å². The number of amides is 1. The third-order valence-corrected chi connectivity index (χ3v) is 4.72. The molecule has 6 nitrogen and oxygen atoms in total. The first-order valence-electron chi connectivity index (χ1n) is 10.3. The summed E-state index contributed by atoms with van der Waals surface area (Å²) in [5.74, 6) is 0.493. The third-order valence-electron chi connectivity index (χ3n) is 4.72. The molecule has 0 saturated heterocycles. The first-order chi connectivity index (χ1) is 15.6. The summed E-state index contributed by atoms with van der Waals surface area (Å²) in [6, 6.07) is 22.8. The van der Waals surface area contributed by atoms with Crippen LogP contribution in [0.2, 0.25) is 0 Å². The Morgan fingerprint density at radius 1 is 1.00 bits per heavy atom. The number of hydrogen-bond acceptors (Lipinski definition) is 5. The normalized spacial score (nSPS) is 11.2. The Labute approximate surface area is 187 Å². The molecule has 1 amide bonds. The fourth-order valence-corrected chi connectivity index (χ4v) is 3.18. The number of carbonyl (C=O) groups is 1. The van der Waals surface area contributed by atoms with Gasteiger partial charge >= 0.3 is 0 Å². The molecule has 0 atom stereocenters. The van der Waals surface area contributed by atoms with Crippen LogP contribution >= 0.6 is 0 Å². The number of hydrogen-bond donors (Lipinski definition) is 2. The molecule has 0 fully saturated rings. The van der Waals surface area contributed by atoms with Crippen molar-refractivity contribution in [2.24, 2.45) is 5.10 Å². The minimum absolute atomic E-state index is 0.362. The maximum Gasteiger partial charge on any atom is 0.281 e. The summed E-state index contributed by atoms with van der Waals surface area (Å²) < 4.78 is 11.2. The van der Waals surface area contributed by atoms with Gasteiger partial charge in [-0.25, -0.2) is 5.43 Å². The molecule has 0 bridgehead atoms. The molecule has 3 aromatic rings. The van der Waals surface area contributed by atoms with Gasteiger partial charge in [0.1, 0.15) is 6.61 Å². The van der Waals surface area contributed by atoms with Crippen molar-refractivity contribution in [3.8, 4) is 11.5 Å². The van der Waals surface area contributed by atoms with Crippen molar-refractivity contribution in [1.82, 2.24) is 5.43 Å². The summed E-state index contributed by atoms with van der Waals surface area (Å²) in [4.78, 5) is 13.1. The summed E-state index contributed by atoms with van der Waals surface area (Å²) in [5, 5.41) is 15.5. The number of hydrazone groups is 1. The molecule has 0 spiro atoms. The molecule has 0 aromatic heterocycles. The van der Waals surface area contributed by atoms with E-state index in [1.54, 1.807) is 72.8 Å². The van der Waals surface area contributed by atoms with Gasteiger partial charge in [0.25, 0.3) is 5.91 Å². The number of nitrogens with one attached hydrogen (secondary N) is 1. The van der Waals surface area contributed by atoms with Crippen LogP contribution in [0.15, 0.2) is 96.6 Å². The molecule has 3 rings (SSSR count). The predicted molar refractivity (Wildman–Crippen MR) is 125 cm³/mol. The summed E-state index contributed by atoms with van der Waals surface area (Å²) in [6.07, 6.45) is 3.13. The topological polar surface area (TPSA) is 80.2 Å². The van der Waals surface area contributed by atoms with E-state index in [2.05, 4.69) is 17.1 Å². The van der Waals surface area contributed by atoms with Gasteiger partial charge in [-0.15, -0.1) is 0 Å². The van der Waals surface area contributed by atoms with E-state index in [4.69, 9.17) is 9.47 Å². The molecular weight excluding hydrogens is 404 g/mol. The van der Waals surface area contributed by atoms with Gasteiger partial charge in [0.15, 0.2) is 17.1 Å². The molecule has 3 aromatic carbocycles. The van der Waals surface area contributed by atoms with Gasteiger partial charge in [-0.2, -0.15) is 5.10 Å². The summed E-state index contributed by atoms with van der Waals surface area (Å²) >= 11 is 0. The molecule has 32 heavy (non-hydrogen) atoms. The lowest BCUT2D eigenvalue weighted by atomic mass is 9.85. The highest BCUT2D eigenvalue weighted by atomic mass is 16.5. The van der Waals surface area contributed by atoms with Crippen molar-refractivity contribution < 1.29 is 19.4 Å². The minimum atomic E-state index is -1.89. The number of aliphatic hydroxyl groups is 1. The first-order valence-corrected chi connectivity index (χ1v) is 10.3. The molecule has 0 saturated carbocycles. The van der Waals surface area contributed by atoms with Gasteiger partial charge in [0.2, 0.25) is 0 Å². The zero-order valence-electron chi connectivity index (χ0n) is 17.9. The van der Waals surface area contributed by atoms with Crippen molar-refractivity contribution in [2.45, 2.75) is 12.5 Å². The number of rotatable bonds is 10. The maximum atomic E-state index is 13.1. The number of nitrogens with zero attached hydrogens (tertiary/aromatic N) is 1. The highest BCUT2D eigenvalue weighted by Gasteiger charge is 2.39. The average Bonchev–Trinajstić information content (AvgIpc) is 2.84. The highest BCUT2D eigenvalue weighted by molar-refractivity contribution is 5.91. The standard InChI is InChI=1S/C26H26N2O4/c1-3-17-32-23-16-15-20(18-24(23)31-4-2)19-27-28-25(29)26(30,21-11-7-5-8-12-21)22-13-9-6-10-14-22/h3,5-16,18-19,30H,1,4,17H2,2H3,(H,28,29)/b27-19-. The molecule has 0 radical (unpaired) electrons. The monoisotopic (exact) mass is 430 g/mol. The zero-order chi connectivity index (χ0) is 22.8. The fraction of sp³-hybridized carbons (Fsp3) is 0.154. The Hall–Kier alpha value is -3.90. The van der Waals surface area contributed by atoms with Crippen molar-refractivity contribution in [3.63, 3.8) is 0 Å². The maximum absolute atomic E-state index is 13.1. The van der Waals surface area contributed by atoms with Gasteiger partial charge in [-0.3, -0.25) is 4.79 Å². The Bertz CT molecular complexity index is 1030. The van der Waals surface area contributed by atoms with Gasteiger partial charge in [-0.05, 0) is 41.8 Å². The van der Waals surface area contributed by atoms with E-state index in [9.17, 15) is 9.90 Å². The van der Waals surface area contributed by atoms with Crippen LogP contribution in [0.4, 0.5) is 0 Å². The quantitative estimate of drug-likeness (QED) is 0.289. The van der Waals surface area contributed by atoms with Gasteiger partial charge < -0.3 is 14.6 Å². The fourth-order valence-electron chi connectivity index (χ4n) is 3.18. The molecule has 0 aliphatic carbocycles. The molecule has 0 unspecified atom stereocenters. The van der Waals surface area contributed by atoms with E-state index >= 15 is 0 Å². The first kappa shape index (κ1) is 22.8. The molecule has 0 heterocycles. The molecular formula is C26H26N2O4. The number of ether oxygens (including phenoxy) is 2. The summed E-state index contributed by atoms with van der Waals surface area (Å²) in [5.41, 5.74) is 2.16. The van der Waals surface area contributed by atoms with Crippen LogP contribution in [0.5, 0.6) is 11.5 Å². The van der Waals surface area contributed by atoms with Crippen LogP contribution in [-0.2, 0) is 10.4 Å².